The minimum Gasteiger partial charge on any atom is -0.370 e. The van der Waals surface area contributed by atoms with Crippen LogP contribution in [0, 0.1) is 0 Å². The Hall–Kier alpha value is -1.64. The van der Waals surface area contributed by atoms with Crippen LogP contribution in [0.15, 0.2) is 23.1 Å². The summed E-state index contributed by atoms with van der Waals surface area (Å²) < 4.78 is 23.4. The Balaban J connectivity index is 2.25. The summed E-state index contributed by atoms with van der Waals surface area (Å²) in [5.41, 5.74) is 1.28. The van der Waals surface area contributed by atoms with Crippen LogP contribution in [0.1, 0.15) is 40.0 Å². The first-order valence-corrected chi connectivity index (χ1v) is 10.8. The largest absolute Gasteiger partial charge is 0.370 e. The van der Waals surface area contributed by atoms with E-state index in [0.717, 1.165) is 38.2 Å². The maximum atomic E-state index is 12.6. The molecule has 0 radical (unpaired) electrons. The molecule has 0 aromatic heterocycles. The SMILES string of the molecule is CCN(CC)c1ccc(S(N)(=O)=O)cc1NC(=O)CN1CCCC[C@H]1C. The molecule has 146 valence electrons. The maximum absolute atomic E-state index is 12.6. The summed E-state index contributed by atoms with van der Waals surface area (Å²) in [5, 5.41) is 8.15. The van der Waals surface area contributed by atoms with E-state index < -0.39 is 10.0 Å². The van der Waals surface area contributed by atoms with Crippen molar-refractivity contribution in [2.24, 2.45) is 5.14 Å². The molecule has 1 amide bonds. The minimum absolute atomic E-state index is 0.00459. The molecule has 2 rings (SSSR count). The van der Waals surface area contributed by atoms with E-state index in [1.807, 2.05) is 13.8 Å². The normalized spacial score (nSPS) is 18.5. The van der Waals surface area contributed by atoms with Gasteiger partial charge >= 0.3 is 0 Å². The molecule has 1 aliphatic heterocycles. The van der Waals surface area contributed by atoms with Crippen molar-refractivity contribution in [3.05, 3.63) is 18.2 Å². The van der Waals surface area contributed by atoms with Crippen molar-refractivity contribution < 1.29 is 13.2 Å². The molecular formula is C18H30N4O3S. The number of nitrogens with one attached hydrogen (secondary N) is 1. The number of benzene rings is 1. The topological polar surface area (TPSA) is 95.7 Å². The third kappa shape index (κ3) is 5.18. The number of rotatable bonds is 7. The molecule has 1 aromatic carbocycles. The lowest BCUT2D eigenvalue weighted by molar-refractivity contribution is -0.118. The summed E-state index contributed by atoms with van der Waals surface area (Å²) in [6, 6.07) is 5.00. The second-order valence-electron chi connectivity index (χ2n) is 6.76. The van der Waals surface area contributed by atoms with Crippen LogP contribution in [-0.2, 0) is 14.8 Å². The van der Waals surface area contributed by atoms with Gasteiger partial charge in [0.15, 0.2) is 0 Å². The second kappa shape index (κ2) is 8.83. The Morgan fingerprint density at radius 3 is 2.58 bits per heavy atom. The Bertz CT molecular complexity index is 732. The zero-order valence-electron chi connectivity index (χ0n) is 15.9. The van der Waals surface area contributed by atoms with Crippen molar-refractivity contribution >= 4 is 27.3 Å². The van der Waals surface area contributed by atoms with Gasteiger partial charge in [0.1, 0.15) is 0 Å². The van der Waals surface area contributed by atoms with Gasteiger partial charge in [-0.1, -0.05) is 6.42 Å². The smallest absolute Gasteiger partial charge is 0.238 e. The fourth-order valence-corrected chi connectivity index (χ4v) is 3.94. The average Bonchev–Trinajstić information content (AvgIpc) is 2.58. The molecule has 1 aromatic rings. The Morgan fingerprint density at radius 1 is 1.31 bits per heavy atom. The molecule has 1 heterocycles. The second-order valence-corrected chi connectivity index (χ2v) is 8.32. The molecule has 1 saturated heterocycles. The van der Waals surface area contributed by atoms with Gasteiger partial charge in [-0.3, -0.25) is 9.69 Å². The van der Waals surface area contributed by atoms with Crippen LogP contribution in [0.25, 0.3) is 0 Å². The third-order valence-corrected chi connectivity index (χ3v) is 5.87. The van der Waals surface area contributed by atoms with Crippen LogP contribution >= 0.6 is 0 Å². The summed E-state index contributed by atoms with van der Waals surface area (Å²) in [5.74, 6) is -0.140. The van der Waals surface area contributed by atoms with Crippen LogP contribution in [0.4, 0.5) is 11.4 Å². The molecule has 0 saturated carbocycles. The highest BCUT2D eigenvalue weighted by atomic mass is 32.2. The molecule has 0 unspecified atom stereocenters. The van der Waals surface area contributed by atoms with Crippen LogP contribution in [-0.4, -0.2) is 51.4 Å². The van der Waals surface area contributed by atoms with Gasteiger partial charge in [-0.15, -0.1) is 0 Å². The van der Waals surface area contributed by atoms with Crippen LogP contribution in [0.3, 0.4) is 0 Å². The number of primary sulfonamides is 1. The van der Waals surface area contributed by atoms with Gasteiger partial charge in [0.05, 0.1) is 22.8 Å². The fraction of sp³-hybridized carbons (Fsp3) is 0.611. The zero-order valence-corrected chi connectivity index (χ0v) is 16.7. The molecule has 1 atom stereocenters. The number of amides is 1. The van der Waals surface area contributed by atoms with E-state index in [4.69, 9.17) is 5.14 Å². The Morgan fingerprint density at radius 2 is 2.00 bits per heavy atom. The zero-order chi connectivity index (χ0) is 19.3. The summed E-state index contributed by atoms with van der Waals surface area (Å²) >= 11 is 0. The lowest BCUT2D eigenvalue weighted by Gasteiger charge is -2.32. The predicted molar refractivity (Wildman–Crippen MR) is 105 cm³/mol. The quantitative estimate of drug-likeness (QED) is 0.752. The number of nitrogens with zero attached hydrogens (tertiary/aromatic N) is 2. The van der Waals surface area contributed by atoms with Gasteiger partial charge in [0.25, 0.3) is 0 Å². The van der Waals surface area contributed by atoms with Gasteiger partial charge in [0.2, 0.25) is 15.9 Å². The van der Waals surface area contributed by atoms with E-state index in [0.29, 0.717) is 18.3 Å². The van der Waals surface area contributed by atoms with Crippen molar-refractivity contribution in [3.8, 4) is 0 Å². The number of hydrogen-bond donors (Lipinski definition) is 2. The predicted octanol–water partition coefficient (Wildman–Crippen LogP) is 1.99. The maximum Gasteiger partial charge on any atom is 0.238 e. The van der Waals surface area contributed by atoms with Crippen molar-refractivity contribution in [1.29, 1.82) is 0 Å². The standard InChI is InChI=1S/C18H30N4O3S/c1-4-21(5-2)17-10-9-15(26(19,24)25)12-16(17)20-18(23)13-22-11-7-6-8-14(22)3/h9-10,12,14H,4-8,11,13H2,1-3H3,(H,20,23)(H2,19,24,25)/t14-/m1/s1. The molecular weight excluding hydrogens is 352 g/mol. The average molecular weight is 383 g/mol. The first-order valence-electron chi connectivity index (χ1n) is 9.22. The molecule has 1 fully saturated rings. The molecule has 8 heteroatoms. The van der Waals surface area contributed by atoms with Gasteiger partial charge < -0.3 is 10.2 Å². The minimum atomic E-state index is -3.83. The molecule has 7 nitrogen and oxygen atoms in total. The molecule has 3 N–H and O–H groups in total. The number of anilines is 2. The van der Waals surface area contributed by atoms with E-state index in [1.165, 1.54) is 18.6 Å². The number of carbonyl (C=O) groups excluding carboxylic acids is 1. The first kappa shape index (κ1) is 20.7. The fourth-order valence-electron chi connectivity index (χ4n) is 3.40. The number of carbonyl (C=O) groups is 1. The molecule has 0 spiro atoms. The van der Waals surface area contributed by atoms with E-state index >= 15 is 0 Å². The summed E-state index contributed by atoms with van der Waals surface area (Å²) in [7, 11) is -3.83. The monoisotopic (exact) mass is 382 g/mol. The van der Waals surface area contributed by atoms with Gasteiger partial charge in [0, 0.05) is 19.1 Å². The van der Waals surface area contributed by atoms with Gasteiger partial charge in [-0.2, -0.15) is 0 Å². The van der Waals surface area contributed by atoms with Crippen LogP contribution < -0.4 is 15.4 Å². The van der Waals surface area contributed by atoms with Gasteiger partial charge in [-0.25, -0.2) is 13.6 Å². The van der Waals surface area contributed by atoms with Crippen molar-refractivity contribution in [1.82, 2.24) is 4.90 Å². The lowest BCUT2D eigenvalue weighted by Crippen LogP contribution is -2.42. The molecule has 0 bridgehead atoms. The molecule has 0 aliphatic carbocycles. The number of hydrogen-bond acceptors (Lipinski definition) is 5. The highest BCUT2D eigenvalue weighted by Crippen LogP contribution is 2.29. The van der Waals surface area contributed by atoms with Crippen molar-refractivity contribution in [2.75, 3.05) is 36.4 Å². The van der Waals surface area contributed by atoms with Crippen LogP contribution in [0.5, 0.6) is 0 Å². The van der Waals surface area contributed by atoms with Crippen molar-refractivity contribution in [3.63, 3.8) is 0 Å². The highest BCUT2D eigenvalue weighted by Gasteiger charge is 2.22. The Kier molecular flexibility index (Phi) is 7.02. The van der Waals surface area contributed by atoms with E-state index in [-0.39, 0.29) is 10.8 Å². The number of likely N-dealkylation sites (tertiary alicyclic amines) is 1. The van der Waals surface area contributed by atoms with Gasteiger partial charge in [-0.05, 0) is 58.4 Å². The van der Waals surface area contributed by atoms with E-state index in [1.54, 1.807) is 6.07 Å². The summed E-state index contributed by atoms with van der Waals surface area (Å²) in [6.45, 7) is 8.87. The third-order valence-electron chi connectivity index (χ3n) is 4.96. The Labute approximate surface area is 156 Å². The molecule has 1 aliphatic rings. The van der Waals surface area contributed by atoms with E-state index in [2.05, 4.69) is 22.0 Å². The molecule has 26 heavy (non-hydrogen) atoms. The number of sulfonamides is 1. The number of nitrogens with two attached hydrogens (primary N) is 1. The lowest BCUT2D eigenvalue weighted by atomic mass is 10.0. The first-order chi connectivity index (χ1) is 12.3. The summed E-state index contributed by atoms with van der Waals surface area (Å²) in [4.78, 5) is 16.8. The number of piperidine rings is 1. The highest BCUT2D eigenvalue weighted by molar-refractivity contribution is 7.89. The van der Waals surface area contributed by atoms with Crippen LogP contribution in [0.2, 0.25) is 0 Å². The summed E-state index contributed by atoms with van der Waals surface area (Å²) in [6.07, 6.45) is 3.39. The van der Waals surface area contributed by atoms with E-state index in [9.17, 15) is 13.2 Å². The van der Waals surface area contributed by atoms with Crippen molar-refractivity contribution in [2.45, 2.75) is 51.0 Å².